The summed E-state index contributed by atoms with van der Waals surface area (Å²) in [7, 11) is -3.69. The number of hydrogen-bond acceptors (Lipinski definition) is 4. The van der Waals surface area contributed by atoms with Gasteiger partial charge in [0.2, 0.25) is 0 Å². The fraction of sp³-hybridized carbons (Fsp3) is 0.333. The Morgan fingerprint density at radius 3 is 2.25 bits per heavy atom. The third-order valence-electron chi connectivity index (χ3n) is 1.71. The van der Waals surface area contributed by atoms with Gasteiger partial charge in [-0.2, -0.15) is 8.42 Å². The van der Waals surface area contributed by atoms with E-state index in [9.17, 15) is 22.3 Å². The van der Waals surface area contributed by atoms with Gasteiger partial charge in [0.1, 0.15) is 17.7 Å². The standard InChI is InChI=1S/C9H10F2O4S/c1-16(13,14)15-5-9(12)6-2-7(10)4-8(11)3-6/h2-4,9,12H,5H2,1H3. The molecule has 1 unspecified atom stereocenters. The van der Waals surface area contributed by atoms with Crippen molar-refractivity contribution in [1.82, 2.24) is 0 Å². The van der Waals surface area contributed by atoms with E-state index in [2.05, 4.69) is 4.18 Å². The normalized spacial score (nSPS) is 13.8. The molecule has 16 heavy (non-hydrogen) atoms. The zero-order chi connectivity index (χ0) is 12.3. The molecule has 0 aliphatic heterocycles. The molecule has 1 N–H and O–H groups in total. The summed E-state index contributed by atoms with van der Waals surface area (Å²) in [5.74, 6) is -1.71. The van der Waals surface area contributed by atoms with Crippen LogP contribution >= 0.6 is 0 Å². The summed E-state index contributed by atoms with van der Waals surface area (Å²) in [5, 5.41) is 9.41. The molecule has 0 amide bonds. The second-order valence-corrected chi connectivity index (χ2v) is 4.85. The first-order valence-corrected chi connectivity index (χ1v) is 6.08. The maximum Gasteiger partial charge on any atom is 0.264 e. The molecule has 4 nitrogen and oxygen atoms in total. The van der Waals surface area contributed by atoms with Crippen molar-refractivity contribution in [2.45, 2.75) is 6.10 Å². The summed E-state index contributed by atoms with van der Waals surface area (Å²) in [6.45, 7) is -0.582. The van der Waals surface area contributed by atoms with Gasteiger partial charge in [0.15, 0.2) is 0 Å². The van der Waals surface area contributed by atoms with Crippen molar-refractivity contribution in [3.8, 4) is 0 Å². The molecule has 0 aromatic heterocycles. The highest BCUT2D eigenvalue weighted by atomic mass is 32.2. The number of hydrogen-bond donors (Lipinski definition) is 1. The van der Waals surface area contributed by atoms with Crippen molar-refractivity contribution in [3.63, 3.8) is 0 Å². The van der Waals surface area contributed by atoms with Crippen LogP contribution in [0.1, 0.15) is 11.7 Å². The fourth-order valence-electron chi connectivity index (χ4n) is 1.05. The molecule has 0 aliphatic rings. The minimum Gasteiger partial charge on any atom is -0.386 e. The van der Waals surface area contributed by atoms with Crippen LogP contribution in [0, 0.1) is 11.6 Å². The lowest BCUT2D eigenvalue weighted by atomic mass is 10.1. The lowest BCUT2D eigenvalue weighted by Gasteiger charge is -2.10. The Morgan fingerprint density at radius 1 is 1.31 bits per heavy atom. The summed E-state index contributed by atoms with van der Waals surface area (Å²) in [4.78, 5) is 0. The predicted octanol–water partition coefficient (Wildman–Crippen LogP) is 0.974. The summed E-state index contributed by atoms with van der Waals surface area (Å²) < 4.78 is 51.0. The first-order valence-electron chi connectivity index (χ1n) is 4.26. The number of aliphatic hydroxyl groups excluding tert-OH is 1. The van der Waals surface area contributed by atoms with E-state index in [-0.39, 0.29) is 5.56 Å². The topological polar surface area (TPSA) is 63.6 Å². The minimum atomic E-state index is -3.69. The molecule has 0 heterocycles. The predicted molar refractivity (Wildman–Crippen MR) is 52.1 cm³/mol. The smallest absolute Gasteiger partial charge is 0.264 e. The van der Waals surface area contributed by atoms with E-state index in [0.29, 0.717) is 6.07 Å². The van der Waals surface area contributed by atoms with Crippen molar-refractivity contribution in [3.05, 3.63) is 35.4 Å². The monoisotopic (exact) mass is 252 g/mol. The molecule has 1 aromatic carbocycles. The lowest BCUT2D eigenvalue weighted by molar-refractivity contribution is 0.111. The van der Waals surface area contributed by atoms with Crippen LogP contribution in [0.25, 0.3) is 0 Å². The lowest BCUT2D eigenvalue weighted by Crippen LogP contribution is -2.12. The molecule has 1 rings (SSSR count). The van der Waals surface area contributed by atoms with E-state index < -0.39 is 34.5 Å². The summed E-state index contributed by atoms with van der Waals surface area (Å²) in [5.41, 5.74) is -0.0823. The Morgan fingerprint density at radius 2 is 1.81 bits per heavy atom. The van der Waals surface area contributed by atoms with E-state index in [1.807, 2.05) is 0 Å². The van der Waals surface area contributed by atoms with Gasteiger partial charge in [-0.3, -0.25) is 4.18 Å². The van der Waals surface area contributed by atoms with Crippen LogP contribution in [0.15, 0.2) is 18.2 Å². The van der Waals surface area contributed by atoms with Gasteiger partial charge < -0.3 is 5.11 Å². The Labute approximate surface area is 91.6 Å². The van der Waals surface area contributed by atoms with Crippen LogP contribution in [0.2, 0.25) is 0 Å². The molecule has 0 radical (unpaired) electrons. The van der Waals surface area contributed by atoms with Gasteiger partial charge in [-0.1, -0.05) is 0 Å². The fourth-order valence-corrected chi connectivity index (χ4v) is 1.43. The van der Waals surface area contributed by atoms with Gasteiger partial charge in [0.05, 0.1) is 12.9 Å². The van der Waals surface area contributed by atoms with Crippen LogP contribution < -0.4 is 0 Å². The highest BCUT2D eigenvalue weighted by Gasteiger charge is 2.13. The highest BCUT2D eigenvalue weighted by molar-refractivity contribution is 7.85. The molecule has 1 aromatic rings. The van der Waals surface area contributed by atoms with Crippen LogP contribution in [-0.2, 0) is 14.3 Å². The number of rotatable bonds is 4. The SMILES string of the molecule is CS(=O)(=O)OCC(O)c1cc(F)cc(F)c1. The van der Waals surface area contributed by atoms with Crippen molar-refractivity contribution < 1.29 is 26.5 Å². The molecule has 0 aliphatic carbocycles. The van der Waals surface area contributed by atoms with E-state index in [1.54, 1.807) is 0 Å². The summed E-state index contributed by atoms with van der Waals surface area (Å²) in [6.07, 6.45) is -0.591. The molecule has 0 bridgehead atoms. The number of benzene rings is 1. The van der Waals surface area contributed by atoms with Crippen molar-refractivity contribution in [1.29, 1.82) is 0 Å². The largest absolute Gasteiger partial charge is 0.386 e. The maximum atomic E-state index is 12.8. The zero-order valence-electron chi connectivity index (χ0n) is 8.35. The molecule has 0 spiro atoms. The van der Waals surface area contributed by atoms with E-state index in [0.717, 1.165) is 18.4 Å². The van der Waals surface area contributed by atoms with E-state index in [4.69, 9.17) is 0 Å². The molecule has 0 saturated heterocycles. The van der Waals surface area contributed by atoms with E-state index >= 15 is 0 Å². The summed E-state index contributed by atoms with van der Waals surface area (Å²) >= 11 is 0. The average Bonchev–Trinajstić information content (AvgIpc) is 2.11. The highest BCUT2D eigenvalue weighted by Crippen LogP contribution is 2.16. The van der Waals surface area contributed by atoms with Gasteiger partial charge in [-0.25, -0.2) is 8.78 Å². The van der Waals surface area contributed by atoms with Crippen LogP contribution in [0.3, 0.4) is 0 Å². The number of aliphatic hydroxyl groups is 1. The maximum absolute atomic E-state index is 12.8. The van der Waals surface area contributed by atoms with Gasteiger partial charge in [-0.15, -0.1) is 0 Å². The number of halogens is 2. The van der Waals surface area contributed by atoms with Crippen molar-refractivity contribution in [2.24, 2.45) is 0 Å². The molecule has 0 fully saturated rings. The zero-order valence-corrected chi connectivity index (χ0v) is 9.17. The van der Waals surface area contributed by atoms with Gasteiger partial charge in [0.25, 0.3) is 10.1 Å². The van der Waals surface area contributed by atoms with Crippen LogP contribution in [0.5, 0.6) is 0 Å². The van der Waals surface area contributed by atoms with Crippen LogP contribution in [0.4, 0.5) is 8.78 Å². The average molecular weight is 252 g/mol. The minimum absolute atomic E-state index is 0.0823. The van der Waals surface area contributed by atoms with Gasteiger partial charge >= 0.3 is 0 Å². The molecule has 1 atom stereocenters. The van der Waals surface area contributed by atoms with Gasteiger partial charge in [0, 0.05) is 6.07 Å². The van der Waals surface area contributed by atoms with Crippen molar-refractivity contribution >= 4 is 10.1 Å². The second-order valence-electron chi connectivity index (χ2n) is 3.21. The van der Waals surface area contributed by atoms with Crippen LogP contribution in [-0.4, -0.2) is 26.4 Å². The molecular formula is C9H10F2O4S. The third-order valence-corrected chi connectivity index (χ3v) is 2.27. The van der Waals surface area contributed by atoms with Crippen molar-refractivity contribution in [2.75, 3.05) is 12.9 Å². The Bertz CT molecular complexity index is 452. The molecular weight excluding hydrogens is 242 g/mol. The molecule has 7 heteroatoms. The van der Waals surface area contributed by atoms with Gasteiger partial charge in [-0.05, 0) is 17.7 Å². The Hall–Kier alpha value is -1.05. The Kier molecular flexibility index (Phi) is 3.95. The van der Waals surface area contributed by atoms with E-state index in [1.165, 1.54) is 0 Å². The first kappa shape index (κ1) is 13.0. The molecule has 90 valence electrons. The first-order chi connectivity index (χ1) is 7.28. The summed E-state index contributed by atoms with van der Waals surface area (Å²) in [6, 6.07) is 2.45. The quantitative estimate of drug-likeness (QED) is 0.811. The molecule has 0 saturated carbocycles. The second kappa shape index (κ2) is 4.86. The Balaban J connectivity index is 2.76. The third kappa shape index (κ3) is 4.21.